The Balaban J connectivity index is 1.44. The molecular weight excluding hydrogens is 483 g/mol. The highest BCUT2D eigenvalue weighted by Gasteiger charge is 2.35. The zero-order valence-corrected chi connectivity index (χ0v) is 23.2. The summed E-state index contributed by atoms with van der Waals surface area (Å²) in [5, 5.41) is 1.02. The van der Waals surface area contributed by atoms with Crippen LogP contribution in [0.3, 0.4) is 0 Å². The van der Waals surface area contributed by atoms with E-state index in [2.05, 4.69) is 61.8 Å². The van der Waals surface area contributed by atoms with Crippen molar-refractivity contribution in [2.75, 3.05) is 40.0 Å². The molecule has 0 atom stereocenters. The van der Waals surface area contributed by atoms with Crippen LogP contribution in [-0.2, 0) is 11.3 Å². The van der Waals surface area contributed by atoms with Gasteiger partial charge >= 0.3 is 0 Å². The molecule has 35 heavy (non-hydrogen) atoms. The number of hydrogen-bond donors (Lipinski definition) is 0. The highest BCUT2D eigenvalue weighted by Crippen LogP contribution is 2.30. The van der Waals surface area contributed by atoms with Crippen LogP contribution in [0.4, 0.5) is 0 Å². The Bertz CT molecular complexity index is 905. The predicted molar refractivity (Wildman–Crippen MR) is 145 cm³/mol. The van der Waals surface area contributed by atoms with Gasteiger partial charge in [-0.2, -0.15) is 0 Å². The van der Waals surface area contributed by atoms with Crippen LogP contribution in [-0.4, -0.2) is 67.4 Å². The summed E-state index contributed by atoms with van der Waals surface area (Å²) in [6.07, 6.45) is 1.82. The molecule has 1 fully saturated rings. The van der Waals surface area contributed by atoms with Crippen molar-refractivity contribution in [3.8, 4) is 11.5 Å². The van der Waals surface area contributed by atoms with Gasteiger partial charge in [-0.1, -0.05) is 35.3 Å². The Morgan fingerprint density at radius 1 is 0.886 bits per heavy atom. The standard InChI is InChI=1S/C28H40Cl2N2O3/c1-21(2)32(22(3)4)16-17-34-24-8-6-23(7-9-24)19-31-14-12-28(33-5,13-15-31)20-35-25-10-11-26(29)27(30)18-25/h6-11,18,21-22H,12-17,19-20H2,1-5H3. The van der Waals surface area contributed by atoms with Gasteiger partial charge in [0.1, 0.15) is 30.3 Å². The summed E-state index contributed by atoms with van der Waals surface area (Å²) in [7, 11) is 1.77. The molecule has 0 N–H and O–H groups in total. The van der Waals surface area contributed by atoms with Crippen LogP contribution in [0.25, 0.3) is 0 Å². The highest BCUT2D eigenvalue weighted by atomic mass is 35.5. The second-order valence-electron chi connectivity index (χ2n) is 9.95. The van der Waals surface area contributed by atoms with Crippen molar-refractivity contribution in [3.05, 3.63) is 58.1 Å². The Morgan fingerprint density at radius 3 is 2.09 bits per heavy atom. The fourth-order valence-electron chi connectivity index (χ4n) is 4.64. The Labute approximate surface area is 221 Å². The van der Waals surface area contributed by atoms with E-state index in [0.29, 0.717) is 41.1 Å². The first kappa shape index (κ1) is 28.1. The minimum absolute atomic E-state index is 0.292. The summed E-state index contributed by atoms with van der Waals surface area (Å²) >= 11 is 12.1. The van der Waals surface area contributed by atoms with Crippen molar-refractivity contribution in [1.29, 1.82) is 0 Å². The molecule has 1 saturated heterocycles. The van der Waals surface area contributed by atoms with Crippen molar-refractivity contribution in [3.63, 3.8) is 0 Å². The number of rotatable bonds is 12. The van der Waals surface area contributed by atoms with Crippen molar-refractivity contribution >= 4 is 23.2 Å². The maximum Gasteiger partial charge on any atom is 0.121 e. The van der Waals surface area contributed by atoms with Gasteiger partial charge in [-0.3, -0.25) is 9.80 Å². The molecular formula is C28H40Cl2N2O3. The average molecular weight is 524 g/mol. The summed E-state index contributed by atoms with van der Waals surface area (Å²) in [5.41, 5.74) is 1.00. The molecule has 1 aliphatic rings. The van der Waals surface area contributed by atoms with Crippen LogP contribution in [0.1, 0.15) is 46.1 Å². The lowest BCUT2D eigenvalue weighted by atomic mass is 9.91. The molecule has 0 saturated carbocycles. The van der Waals surface area contributed by atoms with E-state index in [1.165, 1.54) is 5.56 Å². The summed E-state index contributed by atoms with van der Waals surface area (Å²) in [4.78, 5) is 4.91. The van der Waals surface area contributed by atoms with E-state index in [9.17, 15) is 0 Å². The zero-order valence-electron chi connectivity index (χ0n) is 21.7. The molecule has 1 aliphatic heterocycles. The van der Waals surface area contributed by atoms with Gasteiger partial charge < -0.3 is 14.2 Å². The first-order chi connectivity index (χ1) is 16.7. The van der Waals surface area contributed by atoms with E-state index in [0.717, 1.165) is 44.8 Å². The Morgan fingerprint density at radius 2 is 1.51 bits per heavy atom. The molecule has 0 bridgehead atoms. The first-order valence-electron chi connectivity index (χ1n) is 12.5. The lowest BCUT2D eigenvalue weighted by molar-refractivity contribution is -0.0839. The van der Waals surface area contributed by atoms with Gasteiger partial charge in [0.05, 0.1) is 10.0 Å². The molecule has 0 spiro atoms. The molecule has 2 aromatic carbocycles. The number of nitrogens with zero attached hydrogens (tertiary/aromatic N) is 2. The molecule has 0 unspecified atom stereocenters. The third kappa shape index (κ3) is 8.26. The van der Waals surface area contributed by atoms with Crippen molar-refractivity contribution in [2.45, 2.75) is 64.8 Å². The minimum atomic E-state index is -0.292. The lowest BCUT2D eigenvalue weighted by Crippen LogP contribution is -2.48. The van der Waals surface area contributed by atoms with E-state index in [-0.39, 0.29) is 5.60 Å². The average Bonchev–Trinajstić information content (AvgIpc) is 2.84. The normalized spacial score (nSPS) is 16.3. The predicted octanol–water partition coefficient (Wildman–Crippen LogP) is 6.55. The first-order valence-corrected chi connectivity index (χ1v) is 13.3. The van der Waals surface area contributed by atoms with Crippen LogP contribution < -0.4 is 9.47 Å². The number of benzene rings is 2. The molecule has 194 valence electrons. The molecule has 2 aromatic rings. The fraction of sp³-hybridized carbons (Fsp3) is 0.571. The SMILES string of the molecule is COC1(COc2ccc(Cl)c(Cl)c2)CCN(Cc2ccc(OCCN(C(C)C)C(C)C)cc2)CC1. The number of ether oxygens (including phenoxy) is 3. The molecule has 3 rings (SSSR count). The molecule has 0 radical (unpaired) electrons. The zero-order chi connectivity index (χ0) is 25.4. The molecule has 7 heteroatoms. The van der Waals surface area contributed by atoms with Gasteiger partial charge in [0.2, 0.25) is 0 Å². The summed E-state index contributed by atoms with van der Waals surface area (Å²) in [5.74, 6) is 1.64. The smallest absolute Gasteiger partial charge is 0.121 e. The molecule has 5 nitrogen and oxygen atoms in total. The van der Waals surface area contributed by atoms with Gasteiger partial charge in [-0.05, 0) is 70.4 Å². The third-order valence-corrected chi connectivity index (χ3v) is 7.61. The van der Waals surface area contributed by atoms with Crippen molar-refractivity contribution in [1.82, 2.24) is 9.80 Å². The van der Waals surface area contributed by atoms with Crippen LogP contribution in [0.5, 0.6) is 11.5 Å². The van der Waals surface area contributed by atoms with Gasteiger partial charge in [-0.15, -0.1) is 0 Å². The van der Waals surface area contributed by atoms with Crippen molar-refractivity contribution < 1.29 is 14.2 Å². The summed E-state index contributed by atoms with van der Waals surface area (Å²) in [6, 6.07) is 14.9. The van der Waals surface area contributed by atoms with E-state index in [1.807, 2.05) is 6.07 Å². The van der Waals surface area contributed by atoms with Crippen LogP contribution in [0.15, 0.2) is 42.5 Å². The van der Waals surface area contributed by atoms with Gasteiger partial charge in [0, 0.05) is 51.4 Å². The highest BCUT2D eigenvalue weighted by molar-refractivity contribution is 6.42. The summed E-state index contributed by atoms with van der Waals surface area (Å²) < 4.78 is 17.9. The lowest BCUT2D eigenvalue weighted by Gasteiger charge is -2.40. The third-order valence-electron chi connectivity index (χ3n) is 6.87. The fourth-order valence-corrected chi connectivity index (χ4v) is 4.93. The van der Waals surface area contributed by atoms with E-state index in [1.54, 1.807) is 19.2 Å². The van der Waals surface area contributed by atoms with Crippen LogP contribution >= 0.6 is 23.2 Å². The monoisotopic (exact) mass is 522 g/mol. The largest absolute Gasteiger partial charge is 0.492 e. The Kier molecular flexibility index (Phi) is 10.6. The molecule has 0 amide bonds. The number of likely N-dealkylation sites (tertiary alicyclic amines) is 1. The van der Waals surface area contributed by atoms with E-state index >= 15 is 0 Å². The Hall–Kier alpha value is -1.50. The van der Waals surface area contributed by atoms with Crippen molar-refractivity contribution in [2.24, 2.45) is 0 Å². The maximum absolute atomic E-state index is 6.11. The van der Waals surface area contributed by atoms with Gasteiger partial charge in [-0.25, -0.2) is 0 Å². The topological polar surface area (TPSA) is 34.2 Å². The van der Waals surface area contributed by atoms with E-state index in [4.69, 9.17) is 37.4 Å². The quantitative estimate of drug-likeness (QED) is 0.315. The molecule has 0 aromatic heterocycles. The van der Waals surface area contributed by atoms with Gasteiger partial charge in [0.15, 0.2) is 0 Å². The number of hydrogen-bond acceptors (Lipinski definition) is 5. The van der Waals surface area contributed by atoms with Crippen LogP contribution in [0, 0.1) is 0 Å². The second-order valence-corrected chi connectivity index (χ2v) is 10.8. The van der Waals surface area contributed by atoms with Gasteiger partial charge in [0.25, 0.3) is 0 Å². The minimum Gasteiger partial charge on any atom is -0.492 e. The molecule has 1 heterocycles. The van der Waals surface area contributed by atoms with E-state index < -0.39 is 0 Å². The number of halogens is 2. The maximum atomic E-state index is 6.11. The molecule has 0 aliphatic carbocycles. The number of methoxy groups -OCH3 is 1. The second kappa shape index (κ2) is 13.2. The summed E-state index contributed by atoms with van der Waals surface area (Å²) in [6.45, 7) is 13.9. The number of piperidine rings is 1. The van der Waals surface area contributed by atoms with Crippen LogP contribution in [0.2, 0.25) is 10.0 Å².